The molecule has 3 aromatic carbocycles. The summed E-state index contributed by atoms with van der Waals surface area (Å²) >= 11 is 0. The molecule has 0 aliphatic heterocycles. The maximum Gasteiger partial charge on any atom is 0.269 e. The predicted octanol–water partition coefficient (Wildman–Crippen LogP) is 6.05. The van der Waals surface area contributed by atoms with Crippen LogP contribution in [0.25, 0.3) is 33.1 Å². The van der Waals surface area contributed by atoms with Crippen molar-refractivity contribution in [2.24, 2.45) is 0 Å². The van der Waals surface area contributed by atoms with Crippen molar-refractivity contribution in [3.8, 4) is 11.3 Å². The summed E-state index contributed by atoms with van der Waals surface area (Å²) in [5.74, 6) is -0.140. The van der Waals surface area contributed by atoms with Crippen molar-refractivity contribution in [2.45, 2.75) is 19.8 Å². The second-order valence-electron chi connectivity index (χ2n) is 8.16. The largest absolute Gasteiger partial charge is 0.353 e. The first kappa shape index (κ1) is 20.0. The van der Waals surface area contributed by atoms with Crippen molar-refractivity contribution < 1.29 is 4.79 Å². The molecule has 0 spiro atoms. The van der Waals surface area contributed by atoms with E-state index < -0.39 is 0 Å². The van der Waals surface area contributed by atoms with Crippen LogP contribution in [0.1, 0.15) is 28.0 Å². The summed E-state index contributed by atoms with van der Waals surface area (Å²) in [7, 11) is 0. The number of amides is 1. The minimum absolute atomic E-state index is 0.140. The number of benzene rings is 3. The molecule has 4 heteroatoms. The van der Waals surface area contributed by atoms with E-state index in [1.807, 2.05) is 36.4 Å². The van der Waals surface area contributed by atoms with E-state index in [2.05, 4.69) is 65.8 Å². The summed E-state index contributed by atoms with van der Waals surface area (Å²) in [6.45, 7) is 2.68. The number of pyridine rings is 1. The first-order chi connectivity index (χ1) is 15.7. The van der Waals surface area contributed by atoms with Gasteiger partial charge in [-0.3, -0.25) is 4.79 Å². The maximum absolute atomic E-state index is 13.0. The highest BCUT2D eigenvalue weighted by atomic mass is 16.1. The van der Waals surface area contributed by atoms with Gasteiger partial charge in [0.1, 0.15) is 5.69 Å². The molecule has 1 amide bonds. The first-order valence-corrected chi connectivity index (χ1v) is 11.0. The smallest absolute Gasteiger partial charge is 0.269 e. The Balaban J connectivity index is 1.46. The van der Waals surface area contributed by atoms with Crippen molar-refractivity contribution in [1.29, 1.82) is 0 Å². The van der Waals surface area contributed by atoms with E-state index in [1.54, 1.807) is 0 Å². The van der Waals surface area contributed by atoms with Crippen LogP contribution in [-0.4, -0.2) is 22.4 Å². The predicted molar refractivity (Wildman–Crippen MR) is 131 cm³/mol. The molecule has 0 fully saturated rings. The van der Waals surface area contributed by atoms with Gasteiger partial charge >= 0.3 is 0 Å². The number of rotatable bonds is 6. The van der Waals surface area contributed by atoms with Gasteiger partial charge in [0.2, 0.25) is 0 Å². The highest BCUT2D eigenvalue weighted by Crippen LogP contribution is 2.32. The van der Waals surface area contributed by atoms with Gasteiger partial charge in [-0.25, -0.2) is 4.98 Å². The van der Waals surface area contributed by atoms with Crippen LogP contribution in [-0.2, 0) is 6.42 Å². The molecule has 0 unspecified atom stereocenters. The fourth-order valence-electron chi connectivity index (χ4n) is 4.11. The van der Waals surface area contributed by atoms with Gasteiger partial charge in [0.15, 0.2) is 0 Å². The lowest BCUT2D eigenvalue weighted by Gasteiger charge is -2.09. The van der Waals surface area contributed by atoms with Crippen molar-refractivity contribution in [3.63, 3.8) is 0 Å². The quantitative estimate of drug-likeness (QED) is 0.329. The van der Waals surface area contributed by atoms with Gasteiger partial charge in [-0.1, -0.05) is 78.4 Å². The lowest BCUT2D eigenvalue weighted by atomic mass is 10.0. The Kier molecular flexibility index (Phi) is 5.42. The average Bonchev–Trinajstić information content (AvgIpc) is 3.21. The number of aromatic nitrogens is 2. The molecule has 0 aliphatic carbocycles. The van der Waals surface area contributed by atoms with E-state index in [4.69, 9.17) is 4.98 Å². The van der Waals surface area contributed by atoms with E-state index in [9.17, 15) is 4.79 Å². The third kappa shape index (κ3) is 4.00. The fourth-order valence-corrected chi connectivity index (χ4v) is 4.11. The Morgan fingerprint density at radius 2 is 1.66 bits per heavy atom. The summed E-state index contributed by atoms with van der Waals surface area (Å²) in [4.78, 5) is 21.3. The molecule has 0 radical (unpaired) electrons. The van der Waals surface area contributed by atoms with Crippen molar-refractivity contribution in [3.05, 3.63) is 102 Å². The standard InChI is InChI=1S/C28H25N3O/c1-19-13-15-21(16-14-19)26-27-23(22-11-5-6-12-24(22)30-27)18-25(31-26)28(32)29-17-7-10-20-8-3-2-4-9-20/h2-6,8-9,11-16,18,30H,7,10,17H2,1H3,(H,29,32). The summed E-state index contributed by atoms with van der Waals surface area (Å²) < 4.78 is 0. The second-order valence-corrected chi connectivity index (χ2v) is 8.16. The number of hydrogen-bond donors (Lipinski definition) is 2. The summed E-state index contributed by atoms with van der Waals surface area (Å²) in [6, 6.07) is 28.7. The molecule has 0 aliphatic rings. The minimum Gasteiger partial charge on any atom is -0.353 e. The Bertz CT molecular complexity index is 1390. The highest BCUT2D eigenvalue weighted by Gasteiger charge is 2.16. The molecule has 0 atom stereocenters. The van der Waals surface area contributed by atoms with E-state index in [0.29, 0.717) is 12.2 Å². The fraction of sp³-hybridized carbons (Fsp3) is 0.143. The Hall–Kier alpha value is -3.92. The van der Waals surface area contributed by atoms with Gasteiger partial charge in [-0.15, -0.1) is 0 Å². The van der Waals surface area contributed by atoms with Gasteiger partial charge in [-0.05, 0) is 37.5 Å². The van der Waals surface area contributed by atoms with Gasteiger partial charge < -0.3 is 10.3 Å². The molecule has 2 N–H and O–H groups in total. The summed E-state index contributed by atoms with van der Waals surface area (Å²) in [6.07, 6.45) is 1.82. The molecule has 0 saturated heterocycles. The second kappa shape index (κ2) is 8.67. The number of nitrogens with one attached hydrogen (secondary N) is 2. The van der Waals surface area contributed by atoms with E-state index in [-0.39, 0.29) is 5.91 Å². The number of fused-ring (bicyclic) bond motifs is 3. The zero-order valence-corrected chi connectivity index (χ0v) is 18.1. The highest BCUT2D eigenvalue weighted by molar-refractivity contribution is 6.13. The lowest BCUT2D eigenvalue weighted by molar-refractivity contribution is 0.0948. The molecule has 158 valence electrons. The molecule has 5 rings (SSSR count). The van der Waals surface area contributed by atoms with Crippen LogP contribution in [0.2, 0.25) is 0 Å². The van der Waals surface area contributed by atoms with Crippen molar-refractivity contribution in [1.82, 2.24) is 15.3 Å². The van der Waals surface area contributed by atoms with E-state index >= 15 is 0 Å². The molecule has 2 heterocycles. The topological polar surface area (TPSA) is 57.8 Å². The normalized spacial score (nSPS) is 11.2. The maximum atomic E-state index is 13.0. The van der Waals surface area contributed by atoms with Gasteiger partial charge in [0.05, 0.1) is 11.2 Å². The van der Waals surface area contributed by atoms with Crippen LogP contribution in [0.3, 0.4) is 0 Å². The number of aryl methyl sites for hydroxylation is 2. The molecule has 0 saturated carbocycles. The molecule has 32 heavy (non-hydrogen) atoms. The number of nitrogens with zero attached hydrogens (tertiary/aromatic N) is 1. The van der Waals surface area contributed by atoms with Gasteiger partial charge in [0.25, 0.3) is 5.91 Å². The summed E-state index contributed by atoms with van der Waals surface area (Å²) in [5, 5.41) is 5.16. The Labute approximate surface area is 187 Å². The van der Waals surface area contributed by atoms with Crippen molar-refractivity contribution >= 4 is 27.7 Å². The zero-order chi connectivity index (χ0) is 21.9. The van der Waals surface area contributed by atoms with Crippen molar-refractivity contribution in [2.75, 3.05) is 6.54 Å². The first-order valence-electron chi connectivity index (χ1n) is 11.0. The monoisotopic (exact) mass is 419 g/mol. The number of aromatic amines is 1. The number of carbonyl (C=O) groups excluding carboxylic acids is 1. The van der Waals surface area contributed by atoms with Gasteiger partial charge in [-0.2, -0.15) is 0 Å². The third-order valence-corrected chi connectivity index (χ3v) is 5.82. The number of hydrogen-bond acceptors (Lipinski definition) is 2. The minimum atomic E-state index is -0.140. The van der Waals surface area contributed by atoms with Crippen LogP contribution in [0.15, 0.2) is 84.9 Å². The summed E-state index contributed by atoms with van der Waals surface area (Å²) in [5.41, 5.74) is 6.70. The van der Waals surface area contributed by atoms with Crippen LogP contribution >= 0.6 is 0 Å². The molecular formula is C28H25N3O. The Morgan fingerprint density at radius 1 is 0.906 bits per heavy atom. The van der Waals surface area contributed by atoms with Crippen LogP contribution in [0.4, 0.5) is 0 Å². The third-order valence-electron chi connectivity index (χ3n) is 5.82. The molecule has 2 aromatic heterocycles. The van der Waals surface area contributed by atoms with E-state index in [1.165, 1.54) is 11.1 Å². The van der Waals surface area contributed by atoms with Crippen LogP contribution < -0.4 is 5.32 Å². The number of carbonyl (C=O) groups is 1. The van der Waals surface area contributed by atoms with Crippen LogP contribution in [0, 0.1) is 6.92 Å². The zero-order valence-electron chi connectivity index (χ0n) is 18.1. The number of H-pyrrole nitrogens is 1. The van der Waals surface area contributed by atoms with Crippen LogP contribution in [0.5, 0.6) is 0 Å². The van der Waals surface area contributed by atoms with Gasteiger partial charge in [0, 0.05) is 28.4 Å². The molecule has 5 aromatic rings. The number of para-hydroxylation sites is 1. The van der Waals surface area contributed by atoms with E-state index in [0.717, 1.165) is 45.9 Å². The molecule has 0 bridgehead atoms. The lowest BCUT2D eigenvalue weighted by Crippen LogP contribution is -2.25. The SMILES string of the molecule is Cc1ccc(-c2nc(C(=O)NCCCc3ccccc3)cc3c2[nH]c2ccccc23)cc1. The molecule has 4 nitrogen and oxygen atoms in total. The average molecular weight is 420 g/mol. The Morgan fingerprint density at radius 3 is 2.47 bits per heavy atom. The molecular weight excluding hydrogens is 394 g/mol.